The Labute approximate surface area is 154 Å². The lowest BCUT2D eigenvalue weighted by Gasteiger charge is -2.09. The van der Waals surface area contributed by atoms with E-state index in [1.165, 1.54) is 11.3 Å². The number of ether oxygens (including phenoxy) is 2. The van der Waals surface area contributed by atoms with Crippen LogP contribution in [0.25, 0.3) is 0 Å². The van der Waals surface area contributed by atoms with Crippen molar-refractivity contribution >= 4 is 28.3 Å². The minimum atomic E-state index is -0.261. The van der Waals surface area contributed by atoms with E-state index in [2.05, 4.69) is 15.6 Å². The molecular weight excluding hydrogens is 354 g/mol. The van der Waals surface area contributed by atoms with Gasteiger partial charge < -0.3 is 14.8 Å². The molecular formula is C18H19N3O4S. The number of nitrogens with one attached hydrogen (secondary N) is 2. The van der Waals surface area contributed by atoms with Gasteiger partial charge in [0.15, 0.2) is 16.6 Å². The molecule has 1 aromatic carbocycles. The Bertz CT molecular complexity index is 864. The van der Waals surface area contributed by atoms with Crippen molar-refractivity contribution in [1.29, 1.82) is 0 Å². The number of aryl methyl sites for hydroxylation is 1. The summed E-state index contributed by atoms with van der Waals surface area (Å²) in [5, 5.41) is 6.27. The van der Waals surface area contributed by atoms with Crippen molar-refractivity contribution in [2.75, 3.05) is 18.7 Å². The maximum absolute atomic E-state index is 12.5. The number of thiazole rings is 1. The van der Waals surface area contributed by atoms with Crippen molar-refractivity contribution in [1.82, 2.24) is 10.3 Å². The van der Waals surface area contributed by atoms with Crippen molar-refractivity contribution < 1.29 is 19.1 Å². The van der Waals surface area contributed by atoms with Crippen molar-refractivity contribution in [2.24, 2.45) is 0 Å². The Hall–Kier alpha value is -2.61. The summed E-state index contributed by atoms with van der Waals surface area (Å²) in [6.07, 6.45) is 2.50. The summed E-state index contributed by atoms with van der Waals surface area (Å²) in [4.78, 5) is 30.3. The Morgan fingerprint density at radius 1 is 1.31 bits per heavy atom. The van der Waals surface area contributed by atoms with Crippen LogP contribution < -0.4 is 20.1 Å². The second kappa shape index (κ2) is 6.95. The Balaban J connectivity index is 1.47. The molecule has 0 saturated heterocycles. The van der Waals surface area contributed by atoms with E-state index in [1.54, 1.807) is 18.2 Å². The van der Waals surface area contributed by atoms with E-state index >= 15 is 0 Å². The van der Waals surface area contributed by atoms with E-state index in [0.29, 0.717) is 28.7 Å². The molecule has 4 rings (SSSR count). The number of rotatable bonds is 5. The number of benzene rings is 1. The molecule has 0 spiro atoms. The third-order valence-electron chi connectivity index (χ3n) is 4.44. The number of hydrogen-bond donors (Lipinski definition) is 2. The Kier molecular flexibility index (Phi) is 4.50. The number of anilines is 1. The largest absolute Gasteiger partial charge is 0.454 e. The average Bonchev–Trinajstić information content (AvgIpc) is 3.33. The zero-order valence-corrected chi connectivity index (χ0v) is 15.1. The van der Waals surface area contributed by atoms with Crippen LogP contribution in [0.4, 0.5) is 5.13 Å². The Morgan fingerprint density at radius 2 is 2.15 bits per heavy atom. The van der Waals surface area contributed by atoms with Crippen LogP contribution in [0.2, 0.25) is 0 Å². The summed E-state index contributed by atoms with van der Waals surface area (Å²) in [6, 6.07) is 5.05. The van der Waals surface area contributed by atoms with Crippen molar-refractivity contribution in [2.45, 2.75) is 32.1 Å². The van der Waals surface area contributed by atoms with Gasteiger partial charge >= 0.3 is 0 Å². The van der Waals surface area contributed by atoms with Crippen LogP contribution in [-0.2, 0) is 11.2 Å². The zero-order chi connectivity index (χ0) is 18.1. The van der Waals surface area contributed by atoms with Crippen LogP contribution in [0.15, 0.2) is 18.2 Å². The zero-order valence-electron chi connectivity index (χ0n) is 14.3. The number of fused-ring (bicyclic) bond motifs is 2. The highest BCUT2D eigenvalue weighted by atomic mass is 32.1. The van der Waals surface area contributed by atoms with Gasteiger partial charge in [-0.1, -0.05) is 6.92 Å². The fourth-order valence-electron chi connectivity index (χ4n) is 3.11. The van der Waals surface area contributed by atoms with E-state index in [1.807, 2.05) is 6.92 Å². The van der Waals surface area contributed by atoms with Gasteiger partial charge in [-0.15, -0.1) is 11.3 Å². The molecule has 2 N–H and O–H groups in total. The average molecular weight is 373 g/mol. The molecule has 0 bridgehead atoms. The third kappa shape index (κ3) is 3.12. The number of hydrogen-bond acceptors (Lipinski definition) is 6. The molecule has 0 radical (unpaired) electrons. The van der Waals surface area contributed by atoms with Crippen molar-refractivity contribution in [3.63, 3.8) is 0 Å². The van der Waals surface area contributed by atoms with Crippen LogP contribution in [0.3, 0.4) is 0 Å². The van der Waals surface area contributed by atoms with Crippen LogP contribution in [0.1, 0.15) is 46.6 Å². The van der Waals surface area contributed by atoms with Gasteiger partial charge in [-0.05, 0) is 37.5 Å². The summed E-state index contributed by atoms with van der Waals surface area (Å²) in [5.41, 5.74) is 1.27. The van der Waals surface area contributed by atoms with Gasteiger partial charge in [-0.3, -0.25) is 14.9 Å². The number of aromatic nitrogens is 1. The molecule has 136 valence electrons. The first-order valence-corrected chi connectivity index (χ1v) is 9.45. The van der Waals surface area contributed by atoms with Crippen LogP contribution in [0, 0.1) is 0 Å². The number of carbonyl (C=O) groups is 2. The van der Waals surface area contributed by atoms with Crippen LogP contribution >= 0.6 is 11.3 Å². The molecule has 7 nitrogen and oxygen atoms in total. The maximum atomic E-state index is 12.5. The number of nitrogens with zero attached hydrogens (tertiary/aromatic N) is 1. The second-order valence-corrected chi connectivity index (χ2v) is 7.32. The van der Waals surface area contributed by atoms with Gasteiger partial charge in [0.05, 0.1) is 11.6 Å². The quantitative estimate of drug-likeness (QED) is 0.841. The molecule has 1 unspecified atom stereocenters. The van der Waals surface area contributed by atoms with Crippen LogP contribution in [0.5, 0.6) is 11.5 Å². The maximum Gasteiger partial charge on any atom is 0.257 e. The van der Waals surface area contributed by atoms with Gasteiger partial charge in [0.25, 0.3) is 5.91 Å². The fourth-order valence-corrected chi connectivity index (χ4v) is 4.15. The molecule has 0 saturated carbocycles. The molecule has 8 heteroatoms. The highest BCUT2D eigenvalue weighted by Gasteiger charge is 2.32. The monoisotopic (exact) mass is 373 g/mol. The topological polar surface area (TPSA) is 89.6 Å². The SMILES string of the molecule is CCCNC(=O)C1CCc2sc(NC(=O)c3ccc4c(c3)OCO4)nc21. The lowest BCUT2D eigenvalue weighted by atomic mass is 10.1. The summed E-state index contributed by atoms with van der Waals surface area (Å²) < 4.78 is 10.6. The van der Waals surface area contributed by atoms with Gasteiger partial charge in [-0.25, -0.2) is 4.98 Å². The first kappa shape index (κ1) is 16.8. The molecule has 1 aliphatic carbocycles. The highest BCUT2D eigenvalue weighted by Crippen LogP contribution is 2.39. The van der Waals surface area contributed by atoms with Gasteiger partial charge in [0, 0.05) is 17.0 Å². The van der Waals surface area contributed by atoms with Gasteiger partial charge in [-0.2, -0.15) is 0 Å². The molecule has 1 aromatic heterocycles. The molecule has 26 heavy (non-hydrogen) atoms. The van der Waals surface area contributed by atoms with Gasteiger partial charge in [0.2, 0.25) is 12.7 Å². The van der Waals surface area contributed by atoms with E-state index in [0.717, 1.165) is 29.8 Å². The first-order valence-electron chi connectivity index (χ1n) is 8.64. The molecule has 1 atom stereocenters. The first-order chi connectivity index (χ1) is 12.7. The summed E-state index contributed by atoms with van der Waals surface area (Å²) >= 11 is 1.44. The van der Waals surface area contributed by atoms with E-state index in [9.17, 15) is 9.59 Å². The molecule has 2 aliphatic rings. The minimum Gasteiger partial charge on any atom is -0.454 e. The van der Waals surface area contributed by atoms with E-state index < -0.39 is 0 Å². The van der Waals surface area contributed by atoms with Crippen LogP contribution in [-0.4, -0.2) is 30.1 Å². The number of amides is 2. The summed E-state index contributed by atoms with van der Waals surface area (Å²) in [7, 11) is 0. The van der Waals surface area contributed by atoms with Crippen molar-refractivity contribution in [3.05, 3.63) is 34.3 Å². The normalized spacial score (nSPS) is 17.0. The molecule has 2 aromatic rings. The lowest BCUT2D eigenvalue weighted by molar-refractivity contribution is -0.122. The lowest BCUT2D eigenvalue weighted by Crippen LogP contribution is -2.29. The van der Waals surface area contributed by atoms with Gasteiger partial charge in [0.1, 0.15) is 0 Å². The predicted molar refractivity (Wildman–Crippen MR) is 97.0 cm³/mol. The van der Waals surface area contributed by atoms with E-state index in [4.69, 9.17) is 9.47 Å². The standard InChI is InChI=1S/C18H19N3O4S/c1-2-7-19-17(23)11-4-6-14-15(11)20-18(26-14)21-16(22)10-3-5-12-13(8-10)25-9-24-12/h3,5,8,11H,2,4,6-7,9H2,1H3,(H,19,23)(H,20,21,22). The van der Waals surface area contributed by atoms with Crippen molar-refractivity contribution in [3.8, 4) is 11.5 Å². The summed E-state index contributed by atoms with van der Waals surface area (Å²) in [5.74, 6) is 0.735. The second-order valence-electron chi connectivity index (χ2n) is 6.23. The highest BCUT2D eigenvalue weighted by molar-refractivity contribution is 7.16. The minimum absolute atomic E-state index is 0.0181. The van der Waals surface area contributed by atoms with E-state index in [-0.39, 0.29) is 24.5 Å². The molecule has 0 fully saturated rings. The smallest absolute Gasteiger partial charge is 0.257 e. The Morgan fingerprint density at radius 3 is 3.00 bits per heavy atom. The summed E-state index contributed by atoms with van der Waals surface area (Å²) in [6.45, 7) is 2.86. The predicted octanol–water partition coefficient (Wildman–Crippen LogP) is 2.68. The molecule has 1 aliphatic heterocycles. The number of carbonyl (C=O) groups excluding carboxylic acids is 2. The third-order valence-corrected chi connectivity index (χ3v) is 5.49. The molecule has 2 amide bonds. The molecule has 2 heterocycles. The fraction of sp³-hybridized carbons (Fsp3) is 0.389.